The number of hydrogen-bond acceptors (Lipinski definition) is 3. The van der Waals surface area contributed by atoms with Gasteiger partial charge in [-0.2, -0.15) is 0 Å². The fourth-order valence-electron chi connectivity index (χ4n) is 1.42. The maximum atomic E-state index is 9.27. The van der Waals surface area contributed by atoms with Gasteiger partial charge in [-0.15, -0.1) is 0 Å². The number of hydroxylamine groups is 2. The summed E-state index contributed by atoms with van der Waals surface area (Å²) >= 11 is 0. The summed E-state index contributed by atoms with van der Waals surface area (Å²) in [7, 11) is 1.67. The second-order valence-corrected chi connectivity index (χ2v) is 3.01. The molecule has 1 radical (unpaired) electrons. The Morgan fingerprint density at radius 1 is 1.64 bits per heavy atom. The minimum Gasteiger partial charge on any atom is -0.393 e. The summed E-state index contributed by atoms with van der Waals surface area (Å²) in [6.45, 7) is 4.75. The third-order valence-electron chi connectivity index (χ3n) is 2.03. The molecule has 0 saturated carbocycles. The normalized spacial score (nSPS) is 33.7. The summed E-state index contributed by atoms with van der Waals surface area (Å²) in [6.07, 6.45) is 1.49. The van der Waals surface area contributed by atoms with Crippen LogP contribution in [0.15, 0.2) is 0 Å². The molecule has 0 aromatic heterocycles. The van der Waals surface area contributed by atoms with Gasteiger partial charge >= 0.3 is 7.48 Å². The average molecular weight is 156 g/mol. The van der Waals surface area contributed by atoms with Crippen molar-refractivity contribution in [3.05, 3.63) is 0 Å². The van der Waals surface area contributed by atoms with E-state index in [-0.39, 0.29) is 6.10 Å². The van der Waals surface area contributed by atoms with E-state index in [0.29, 0.717) is 6.04 Å². The van der Waals surface area contributed by atoms with Crippen LogP contribution in [0.2, 0.25) is 6.82 Å². The highest BCUT2D eigenvalue weighted by atomic mass is 16.6. The van der Waals surface area contributed by atoms with Gasteiger partial charge in [-0.1, -0.05) is 6.82 Å². The van der Waals surface area contributed by atoms with Crippen molar-refractivity contribution in [2.45, 2.75) is 38.7 Å². The van der Waals surface area contributed by atoms with Crippen LogP contribution in [-0.4, -0.2) is 36.3 Å². The second-order valence-electron chi connectivity index (χ2n) is 3.01. The number of piperidine rings is 1. The Morgan fingerprint density at radius 3 is 2.91 bits per heavy atom. The zero-order valence-corrected chi connectivity index (χ0v) is 7.16. The summed E-state index contributed by atoms with van der Waals surface area (Å²) in [6, 6.07) is 0.329. The first-order valence-electron chi connectivity index (χ1n) is 4.13. The van der Waals surface area contributed by atoms with Crippen molar-refractivity contribution in [2.24, 2.45) is 0 Å². The zero-order chi connectivity index (χ0) is 8.27. The maximum Gasteiger partial charge on any atom is 0.321 e. The molecule has 1 N–H and O–H groups in total. The molecule has 0 aromatic rings. The third kappa shape index (κ3) is 2.47. The monoisotopic (exact) mass is 156 g/mol. The van der Waals surface area contributed by atoms with Gasteiger partial charge in [-0.3, -0.25) is 0 Å². The Labute approximate surface area is 68.6 Å². The maximum absolute atomic E-state index is 9.27. The van der Waals surface area contributed by atoms with Crippen molar-refractivity contribution < 1.29 is 9.86 Å². The molecule has 0 amide bonds. The fraction of sp³-hybridized carbons (Fsp3) is 1.00. The number of hydrogen-bond donors (Lipinski definition) is 1. The van der Waals surface area contributed by atoms with E-state index < -0.39 is 0 Å². The Balaban J connectivity index is 2.31. The van der Waals surface area contributed by atoms with E-state index >= 15 is 0 Å². The van der Waals surface area contributed by atoms with E-state index in [4.69, 9.17) is 4.76 Å². The van der Waals surface area contributed by atoms with Crippen LogP contribution in [0, 0.1) is 0 Å². The molecule has 0 aliphatic carbocycles. The molecule has 2 unspecified atom stereocenters. The average Bonchev–Trinajstić information content (AvgIpc) is 1.95. The van der Waals surface area contributed by atoms with Crippen LogP contribution in [0.1, 0.15) is 19.8 Å². The molecule has 0 bridgehead atoms. The topological polar surface area (TPSA) is 32.7 Å². The van der Waals surface area contributed by atoms with Crippen molar-refractivity contribution in [1.29, 1.82) is 0 Å². The standard InChI is InChI=1S/C7H15BNO2/c1-6-5-7(10)3-4-9(6)11-8-2/h6-7,10H,3-5H2,1-2H3. The molecule has 1 heterocycles. The van der Waals surface area contributed by atoms with Gasteiger partial charge in [0.25, 0.3) is 0 Å². The fourth-order valence-corrected chi connectivity index (χ4v) is 1.42. The van der Waals surface area contributed by atoms with Crippen LogP contribution in [0.25, 0.3) is 0 Å². The number of aliphatic hydroxyl groups excluding tert-OH is 1. The minimum absolute atomic E-state index is 0.137. The molecule has 1 aliphatic rings. The molecule has 0 aromatic carbocycles. The van der Waals surface area contributed by atoms with Gasteiger partial charge in [0.1, 0.15) is 0 Å². The molecule has 1 aliphatic heterocycles. The summed E-state index contributed by atoms with van der Waals surface area (Å²) < 4.78 is 5.24. The molecular weight excluding hydrogens is 141 g/mol. The lowest BCUT2D eigenvalue weighted by Crippen LogP contribution is -2.42. The molecule has 1 rings (SSSR count). The van der Waals surface area contributed by atoms with E-state index in [1.807, 2.05) is 11.9 Å². The first-order chi connectivity index (χ1) is 5.24. The lowest BCUT2D eigenvalue weighted by atomic mass is 10.0. The largest absolute Gasteiger partial charge is 0.393 e. The van der Waals surface area contributed by atoms with Crippen LogP contribution < -0.4 is 0 Å². The predicted octanol–water partition coefficient (Wildman–Crippen LogP) is 0.430. The smallest absolute Gasteiger partial charge is 0.321 e. The number of rotatable bonds is 2. The number of aliphatic hydroxyl groups is 1. The molecule has 2 atom stereocenters. The van der Waals surface area contributed by atoms with E-state index in [2.05, 4.69) is 6.92 Å². The molecule has 1 fully saturated rings. The van der Waals surface area contributed by atoms with Crippen LogP contribution >= 0.6 is 0 Å². The SMILES string of the molecule is C[B]ON1CCC(O)CC1C. The van der Waals surface area contributed by atoms with Gasteiger partial charge in [-0.05, 0) is 19.8 Å². The van der Waals surface area contributed by atoms with Crippen molar-refractivity contribution in [1.82, 2.24) is 5.06 Å². The third-order valence-corrected chi connectivity index (χ3v) is 2.03. The lowest BCUT2D eigenvalue weighted by molar-refractivity contribution is -0.127. The summed E-state index contributed by atoms with van der Waals surface area (Å²) in [4.78, 5) is 0. The van der Waals surface area contributed by atoms with E-state index in [9.17, 15) is 5.11 Å². The van der Waals surface area contributed by atoms with Crippen LogP contribution in [-0.2, 0) is 4.76 Å². The lowest BCUT2D eigenvalue weighted by Gasteiger charge is -2.34. The van der Waals surface area contributed by atoms with Crippen LogP contribution in [0.5, 0.6) is 0 Å². The molecule has 4 heteroatoms. The Bertz CT molecular complexity index is 123. The quantitative estimate of drug-likeness (QED) is 0.588. The Hall–Kier alpha value is -0.0551. The van der Waals surface area contributed by atoms with Crippen LogP contribution in [0.3, 0.4) is 0 Å². The van der Waals surface area contributed by atoms with Gasteiger partial charge in [0.2, 0.25) is 0 Å². The van der Waals surface area contributed by atoms with E-state index in [1.165, 1.54) is 0 Å². The molecule has 63 valence electrons. The molecule has 1 saturated heterocycles. The van der Waals surface area contributed by atoms with E-state index in [0.717, 1.165) is 19.4 Å². The molecule has 3 nitrogen and oxygen atoms in total. The molecule has 0 spiro atoms. The highest BCUT2D eigenvalue weighted by Gasteiger charge is 2.23. The van der Waals surface area contributed by atoms with Gasteiger partial charge in [0.05, 0.1) is 6.10 Å². The minimum atomic E-state index is -0.137. The molecule has 11 heavy (non-hydrogen) atoms. The van der Waals surface area contributed by atoms with Gasteiger partial charge < -0.3 is 9.86 Å². The highest BCUT2D eigenvalue weighted by Crippen LogP contribution is 2.16. The Kier molecular flexibility index (Phi) is 3.36. The zero-order valence-electron chi connectivity index (χ0n) is 7.16. The second kappa shape index (κ2) is 4.09. The van der Waals surface area contributed by atoms with Gasteiger partial charge in [0, 0.05) is 12.6 Å². The van der Waals surface area contributed by atoms with Crippen LogP contribution in [0.4, 0.5) is 0 Å². The summed E-state index contributed by atoms with van der Waals surface area (Å²) in [5.41, 5.74) is 0. The van der Waals surface area contributed by atoms with Crippen molar-refractivity contribution >= 4 is 7.48 Å². The summed E-state index contributed by atoms with van der Waals surface area (Å²) in [5, 5.41) is 11.2. The highest BCUT2D eigenvalue weighted by molar-refractivity contribution is 6.24. The van der Waals surface area contributed by atoms with Crippen molar-refractivity contribution in [3.63, 3.8) is 0 Å². The van der Waals surface area contributed by atoms with Crippen molar-refractivity contribution in [2.75, 3.05) is 6.54 Å². The van der Waals surface area contributed by atoms with E-state index in [1.54, 1.807) is 7.48 Å². The van der Waals surface area contributed by atoms with Gasteiger partial charge in [0.15, 0.2) is 0 Å². The predicted molar refractivity (Wildman–Crippen MR) is 44.1 cm³/mol. The Morgan fingerprint density at radius 2 is 2.36 bits per heavy atom. The first-order valence-corrected chi connectivity index (χ1v) is 4.13. The van der Waals surface area contributed by atoms with Gasteiger partial charge in [-0.25, -0.2) is 5.06 Å². The number of nitrogens with zero attached hydrogens (tertiary/aromatic N) is 1. The molecular formula is C7H15BNO2. The summed E-state index contributed by atoms with van der Waals surface area (Å²) in [5.74, 6) is 0. The first kappa shape index (κ1) is 9.04. The van der Waals surface area contributed by atoms with Crippen molar-refractivity contribution in [3.8, 4) is 0 Å².